The van der Waals surface area contributed by atoms with Crippen molar-refractivity contribution in [2.75, 3.05) is 0 Å². The molecule has 0 radical (unpaired) electrons. The number of H-pyrrole nitrogens is 1. The first-order valence-corrected chi connectivity index (χ1v) is 5.76. The van der Waals surface area contributed by atoms with Crippen molar-refractivity contribution in [1.29, 1.82) is 5.26 Å². The van der Waals surface area contributed by atoms with Gasteiger partial charge < -0.3 is 0 Å². The Morgan fingerprint density at radius 2 is 2.00 bits per heavy atom. The predicted octanol–water partition coefficient (Wildman–Crippen LogP) is -0.599. The maximum Gasteiger partial charge on any atom is 0.273 e. The number of nitrogens with zero attached hydrogens (tertiary/aromatic N) is 3. The Kier molecular flexibility index (Phi) is 2.08. The number of hydrogen-bond donors (Lipinski definition) is 1. The summed E-state index contributed by atoms with van der Waals surface area (Å²) in [5.41, 5.74) is -2.19. The van der Waals surface area contributed by atoms with E-state index in [1.54, 1.807) is 0 Å². The quantitative estimate of drug-likeness (QED) is 0.738. The van der Waals surface area contributed by atoms with E-state index < -0.39 is 22.2 Å². The third-order valence-corrected chi connectivity index (χ3v) is 3.50. The van der Waals surface area contributed by atoms with Gasteiger partial charge in [-0.15, -0.1) is 0 Å². The van der Waals surface area contributed by atoms with Gasteiger partial charge >= 0.3 is 0 Å². The van der Waals surface area contributed by atoms with Crippen molar-refractivity contribution in [2.24, 2.45) is 7.05 Å². The Morgan fingerprint density at radius 1 is 1.32 bits per heavy atom. The van der Waals surface area contributed by atoms with Crippen molar-refractivity contribution < 1.29 is 0 Å². The van der Waals surface area contributed by atoms with Crippen LogP contribution in [-0.4, -0.2) is 14.3 Å². The number of pyridine rings is 1. The highest BCUT2D eigenvalue weighted by molar-refractivity contribution is 5.79. The zero-order valence-corrected chi connectivity index (χ0v) is 10.1. The molecule has 7 nitrogen and oxygen atoms in total. The average Bonchev–Trinajstić information content (AvgIpc) is 3.16. The SMILES string of the molecule is Cn1[nH]c(=O)c2cn(C3(C#N)CC3)c(=O)cc2c1=O. The van der Waals surface area contributed by atoms with Gasteiger partial charge in [0.2, 0.25) is 0 Å². The standard InChI is InChI=1S/C12H10N4O3/c1-15-11(19)7-4-9(17)16(12(6-13)2-3-12)5-8(7)10(18)14-15/h4-5H,2-3H2,1H3,(H,14,18). The lowest BCUT2D eigenvalue weighted by Gasteiger charge is -2.11. The van der Waals surface area contributed by atoms with Crippen molar-refractivity contribution in [1.82, 2.24) is 14.3 Å². The van der Waals surface area contributed by atoms with Gasteiger partial charge in [-0.25, -0.2) is 0 Å². The summed E-state index contributed by atoms with van der Waals surface area (Å²) in [4.78, 5) is 35.7. The number of fused-ring (bicyclic) bond motifs is 1. The van der Waals surface area contributed by atoms with Gasteiger partial charge in [0.1, 0.15) is 5.54 Å². The first-order valence-electron chi connectivity index (χ1n) is 5.76. The monoisotopic (exact) mass is 258 g/mol. The van der Waals surface area contributed by atoms with Gasteiger partial charge in [-0.1, -0.05) is 0 Å². The topological polar surface area (TPSA) is 101 Å². The fraction of sp³-hybridized carbons (Fsp3) is 0.333. The Morgan fingerprint density at radius 3 is 2.58 bits per heavy atom. The second kappa shape index (κ2) is 3.45. The van der Waals surface area contributed by atoms with Crippen LogP contribution in [0.5, 0.6) is 0 Å². The molecule has 2 aromatic heterocycles. The normalized spacial score (nSPS) is 16.2. The molecule has 0 unspecified atom stereocenters. The van der Waals surface area contributed by atoms with E-state index in [4.69, 9.17) is 5.26 Å². The van der Waals surface area contributed by atoms with Crippen LogP contribution in [-0.2, 0) is 12.6 Å². The lowest BCUT2D eigenvalue weighted by molar-refractivity contribution is 0.587. The molecular formula is C12H10N4O3. The van der Waals surface area contributed by atoms with E-state index in [0.717, 1.165) is 10.7 Å². The molecule has 0 bridgehead atoms. The Labute approximate surface area is 106 Å². The second-order valence-corrected chi connectivity index (χ2v) is 4.76. The zero-order chi connectivity index (χ0) is 13.8. The van der Waals surface area contributed by atoms with Crippen molar-refractivity contribution in [2.45, 2.75) is 18.4 Å². The van der Waals surface area contributed by atoms with Crippen LogP contribution >= 0.6 is 0 Å². The molecule has 0 aromatic carbocycles. The molecule has 19 heavy (non-hydrogen) atoms. The zero-order valence-electron chi connectivity index (χ0n) is 10.1. The highest BCUT2D eigenvalue weighted by Gasteiger charge is 2.46. The first-order chi connectivity index (χ1) is 8.98. The average molecular weight is 258 g/mol. The molecule has 0 atom stereocenters. The number of nitriles is 1. The van der Waals surface area contributed by atoms with Gasteiger partial charge in [0.05, 0.1) is 16.8 Å². The van der Waals surface area contributed by atoms with Gasteiger partial charge in [-0.3, -0.25) is 28.7 Å². The highest BCUT2D eigenvalue weighted by atomic mass is 16.2. The number of nitrogens with one attached hydrogen (secondary N) is 1. The van der Waals surface area contributed by atoms with E-state index in [9.17, 15) is 14.4 Å². The van der Waals surface area contributed by atoms with Crippen LogP contribution in [0, 0.1) is 11.3 Å². The Hall–Kier alpha value is -2.62. The van der Waals surface area contributed by atoms with Crippen LogP contribution in [0.25, 0.3) is 10.8 Å². The summed E-state index contributed by atoms with van der Waals surface area (Å²) in [6.07, 6.45) is 2.48. The molecule has 1 saturated carbocycles. The van der Waals surface area contributed by atoms with Crippen LogP contribution in [0.4, 0.5) is 0 Å². The van der Waals surface area contributed by atoms with Crippen LogP contribution < -0.4 is 16.7 Å². The van der Waals surface area contributed by atoms with Gasteiger partial charge in [-0.2, -0.15) is 5.26 Å². The van der Waals surface area contributed by atoms with E-state index in [0.29, 0.717) is 12.8 Å². The molecule has 0 aliphatic heterocycles. The molecule has 7 heteroatoms. The van der Waals surface area contributed by atoms with E-state index in [1.165, 1.54) is 17.8 Å². The molecule has 2 heterocycles. The molecule has 0 saturated heterocycles. The lowest BCUT2D eigenvalue weighted by Crippen LogP contribution is -2.33. The Bertz CT molecular complexity index is 906. The Balaban J connectivity index is 2.47. The molecule has 3 rings (SSSR count). The van der Waals surface area contributed by atoms with Crippen molar-refractivity contribution in [3.63, 3.8) is 0 Å². The number of rotatable bonds is 1. The third-order valence-electron chi connectivity index (χ3n) is 3.50. The van der Waals surface area contributed by atoms with E-state index in [-0.39, 0.29) is 10.8 Å². The number of aryl methyl sites for hydroxylation is 1. The van der Waals surface area contributed by atoms with Gasteiger partial charge in [0.25, 0.3) is 16.7 Å². The van der Waals surface area contributed by atoms with Crippen LogP contribution in [0.1, 0.15) is 12.8 Å². The third kappa shape index (κ3) is 1.46. The van der Waals surface area contributed by atoms with Gasteiger partial charge in [0.15, 0.2) is 0 Å². The van der Waals surface area contributed by atoms with Crippen molar-refractivity contribution in [3.8, 4) is 6.07 Å². The van der Waals surface area contributed by atoms with Crippen molar-refractivity contribution in [3.05, 3.63) is 43.3 Å². The molecule has 0 spiro atoms. The summed E-state index contributed by atoms with van der Waals surface area (Å²) in [6, 6.07) is 3.22. The van der Waals surface area contributed by atoms with E-state index in [2.05, 4.69) is 11.2 Å². The number of aromatic nitrogens is 3. The van der Waals surface area contributed by atoms with Crippen molar-refractivity contribution >= 4 is 10.8 Å². The highest BCUT2D eigenvalue weighted by Crippen LogP contribution is 2.41. The fourth-order valence-electron chi connectivity index (χ4n) is 2.19. The van der Waals surface area contributed by atoms with Gasteiger partial charge in [0, 0.05) is 19.3 Å². The second-order valence-electron chi connectivity index (χ2n) is 4.76. The largest absolute Gasteiger partial charge is 0.295 e. The summed E-state index contributed by atoms with van der Waals surface area (Å²) in [5, 5.41) is 11.7. The minimum absolute atomic E-state index is 0.0706. The minimum Gasteiger partial charge on any atom is -0.295 e. The molecule has 1 N–H and O–H groups in total. The molecule has 0 amide bonds. The summed E-state index contributed by atoms with van der Waals surface area (Å²) < 4.78 is 2.29. The summed E-state index contributed by atoms with van der Waals surface area (Å²) in [5.74, 6) is 0. The summed E-state index contributed by atoms with van der Waals surface area (Å²) >= 11 is 0. The van der Waals surface area contributed by atoms with Gasteiger partial charge in [-0.05, 0) is 12.8 Å². The van der Waals surface area contributed by atoms with E-state index >= 15 is 0 Å². The fourth-order valence-corrected chi connectivity index (χ4v) is 2.19. The predicted molar refractivity (Wildman–Crippen MR) is 66.9 cm³/mol. The number of hydrogen-bond acceptors (Lipinski definition) is 4. The molecule has 2 aromatic rings. The smallest absolute Gasteiger partial charge is 0.273 e. The minimum atomic E-state index is -0.848. The van der Waals surface area contributed by atoms with E-state index in [1.807, 2.05) is 0 Å². The molecule has 96 valence electrons. The maximum atomic E-state index is 12.0. The molecule has 1 fully saturated rings. The first kappa shape index (κ1) is 11.5. The number of aromatic amines is 1. The molecule has 1 aliphatic carbocycles. The lowest BCUT2D eigenvalue weighted by atomic mass is 10.2. The van der Waals surface area contributed by atoms with Crippen LogP contribution in [0.2, 0.25) is 0 Å². The van der Waals surface area contributed by atoms with Crippen LogP contribution in [0.15, 0.2) is 26.6 Å². The summed E-state index contributed by atoms with van der Waals surface area (Å²) in [7, 11) is 1.41. The maximum absolute atomic E-state index is 12.0. The summed E-state index contributed by atoms with van der Waals surface area (Å²) in [6.45, 7) is 0. The molecular weight excluding hydrogens is 248 g/mol. The molecule has 1 aliphatic rings. The van der Waals surface area contributed by atoms with Crippen LogP contribution in [0.3, 0.4) is 0 Å².